The van der Waals surface area contributed by atoms with Gasteiger partial charge in [-0.3, -0.25) is 14.4 Å². The van der Waals surface area contributed by atoms with Crippen LogP contribution >= 0.6 is 0 Å². The van der Waals surface area contributed by atoms with E-state index in [0.29, 0.717) is 16.9 Å². The van der Waals surface area contributed by atoms with Crippen LogP contribution in [0.25, 0.3) is 0 Å². The first-order chi connectivity index (χ1) is 13.0. The molecular weight excluding hydrogens is 348 g/mol. The van der Waals surface area contributed by atoms with Crippen molar-refractivity contribution in [1.82, 2.24) is 0 Å². The molecular formula is C20H18N2O5. The Kier molecular flexibility index (Phi) is 5.30. The minimum absolute atomic E-state index is 0.136. The number of Topliss-reactive ketones (excluding diaryl/α,β-unsaturated/α-hetero) is 1. The third kappa shape index (κ3) is 3.87. The van der Waals surface area contributed by atoms with Crippen molar-refractivity contribution in [3.05, 3.63) is 60.2 Å². The van der Waals surface area contributed by atoms with Gasteiger partial charge in [0.25, 0.3) is 0 Å². The first-order valence-electron chi connectivity index (χ1n) is 8.48. The Hall–Kier alpha value is -3.48. The number of esters is 1. The first kappa shape index (κ1) is 18.3. The molecule has 0 saturated carbocycles. The Labute approximate surface area is 155 Å². The zero-order valence-corrected chi connectivity index (χ0v) is 14.7. The Balaban J connectivity index is 1.70. The van der Waals surface area contributed by atoms with E-state index < -0.39 is 29.5 Å². The molecule has 1 heterocycles. The van der Waals surface area contributed by atoms with E-state index >= 15 is 0 Å². The molecule has 0 bridgehead atoms. The van der Waals surface area contributed by atoms with Crippen molar-refractivity contribution in [2.45, 2.75) is 6.92 Å². The van der Waals surface area contributed by atoms with E-state index in [1.54, 1.807) is 37.3 Å². The van der Waals surface area contributed by atoms with Crippen LogP contribution in [0.2, 0.25) is 0 Å². The summed E-state index contributed by atoms with van der Waals surface area (Å²) in [5.41, 5.74) is 1.30. The number of anilines is 2. The van der Waals surface area contributed by atoms with E-state index in [-0.39, 0.29) is 13.2 Å². The van der Waals surface area contributed by atoms with Gasteiger partial charge < -0.3 is 15.0 Å². The summed E-state index contributed by atoms with van der Waals surface area (Å²) < 4.78 is 4.89. The zero-order valence-electron chi connectivity index (χ0n) is 14.7. The molecule has 1 aliphatic rings. The summed E-state index contributed by atoms with van der Waals surface area (Å²) in [5.74, 6) is -3.53. The SMILES string of the molecule is CCOC(=O)c1ccc(NC(=O)C2C(=O)CN(c3ccccc3)C2=O)cc1. The standard InChI is InChI=1S/C20H18N2O5/c1-2-27-20(26)13-8-10-14(11-9-13)21-18(24)17-16(23)12-22(19(17)25)15-6-4-3-5-7-15/h3-11,17H,2,12H2,1H3,(H,21,24). The van der Waals surface area contributed by atoms with Crippen LogP contribution < -0.4 is 10.2 Å². The van der Waals surface area contributed by atoms with Gasteiger partial charge in [-0.15, -0.1) is 0 Å². The van der Waals surface area contributed by atoms with Gasteiger partial charge in [0.1, 0.15) is 0 Å². The molecule has 1 saturated heterocycles. The van der Waals surface area contributed by atoms with E-state index in [4.69, 9.17) is 4.74 Å². The minimum Gasteiger partial charge on any atom is -0.462 e. The average molecular weight is 366 g/mol. The quantitative estimate of drug-likeness (QED) is 0.646. The second-order valence-electron chi connectivity index (χ2n) is 5.95. The number of benzene rings is 2. The molecule has 2 aromatic carbocycles. The zero-order chi connectivity index (χ0) is 19.4. The van der Waals surface area contributed by atoms with Crippen molar-refractivity contribution in [1.29, 1.82) is 0 Å². The maximum Gasteiger partial charge on any atom is 0.338 e. The normalized spacial score (nSPS) is 16.3. The highest BCUT2D eigenvalue weighted by Crippen LogP contribution is 2.24. The highest BCUT2D eigenvalue weighted by atomic mass is 16.5. The highest BCUT2D eigenvalue weighted by molar-refractivity contribution is 6.30. The summed E-state index contributed by atoms with van der Waals surface area (Å²) in [6.45, 7) is 1.84. The predicted octanol–water partition coefficient (Wildman–Crippen LogP) is 2.03. The lowest BCUT2D eigenvalue weighted by atomic mass is 10.1. The molecule has 2 amide bonds. The van der Waals surface area contributed by atoms with Crippen LogP contribution in [0.1, 0.15) is 17.3 Å². The van der Waals surface area contributed by atoms with Crippen molar-refractivity contribution < 1.29 is 23.9 Å². The maximum atomic E-state index is 12.5. The summed E-state index contributed by atoms with van der Waals surface area (Å²) in [6, 6.07) is 14.8. The first-order valence-corrected chi connectivity index (χ1v) is 8.48. The summed E-state index contributed by atoms with van der Waals surface area (Å²) in [7, 11) is 0. The van der Waals surface area contributed by atoms with Crippen LogP contribution in [0, 0.1) is 5.92 Å². The number of nitrogens with one attached hydrogen (secondary N) is 1. The van der Waals surface area contributed by atoms with E-state index in [1.807, 2.05) is 0 Å². The van der Waals surface area contributed by atoms with Crippen LogP contribution in [0.4, 0.5) is 11.4 Å². The molecule has 1 atom stereocenters. The molecule has 3 rings (SSSR count). The van der Waals surface area contributed by atoms with Gasteiger partial charge in [0.2, 0.25) is 11.8 Å². The number of hydrogen-bond donors (Lipinski definition) is 1. The number of para-hydroxylation sites is 1. The second-order valence-corrected chi connectivity index (χ2v) is 5.95. The van der Waals surface area contributed by atoms with Crippen molar-refractivity contribution in [2.75, 3.05) is 23.4 Å². The summed E-state index contributed by atoms with van der Waals surface area (Å²) >= 11 is 0. The average Bonchev–Trinajstić information content (AvgIpc) is 2.97. The van der Waals surface area contributed by atoms with Crippen LogP contribution in [-0.4, -0.2) is 36.7 Å². The Bertz CT molecular complexity index is 877. The van der Waals surface area contributed by atoms with Gasteiger partial charge in [-0.25, -0.2) is 4.79 Å². The molecule has 0 aromatic heterocycles. The lowest BCUT2D eigenvalue weighted by Gasteiger charge is -2.15. The summed E-state index contributed by atoms with van der Waals surface area (Å²) in [5, 5.41) is 2.56. The van der Waals surface area contributed by atoms with Gasteiger partial charge in [-0.05, 0) is 43.3 Å². The largest absolute Gasteiger partial charge is 0.462 e. The molecule has 7 nitrogen and oxygen atoms in total. The van der Waals surface area contributed by atoms with Gasteiger partial charge >= 0.3 is 5.97 Å². The van der Waals surface area contributed by atoms with Crippen LogP contribution in [0.5, 0.6) is 0 Å². The molecule has 1 N–H and O–H groups in total. The van der Waals surface area contributed by atoms with Crippen LogP contribution in [0.15, 0.2) is 54.6 Å². The topological polar surface area (TPSA) is 92.8 Å². The van der Waals surface area contributed by atoms with E-state index in [2.05, 4.69) is 5.32 Å². The third-order valence-electron chi connectivity index (χ3n) is 4.14. The molecule has 1 fully saturated rings. The fourth-order valence-corrected chi connectivity index (χ4v) is 2.82. The molecule has 27 heavy (non-hydrogen) atoms. The molecule has 138 valence electrons. The fourth-order valence-electron chi connectivity index (χ4n) is 2.82. The van der Waals surface area contributed by atoms with Crippen molar-refractivity contribution in [2.24, 2.45) is 5.92 Å². The highest BCUT2D eigenvalue weighted by Gasteiger charge is 2.44. The Morgan fingerprint density at radius 1 is 1.07 bits per heavy atom. The molecule has 0 aliphatic carbocycles. The van der Waals surface area contributed by atoms with Gasteiger partial charge in [0, 0.05) is 11.4 Å². The second kappa shape index (κ2) is 7.82. The summed E-state index contributed by atoms with van der Waals surface area (Å²) in [4.78, 5) is 50.2. The van der Waals surface area contributed by atoms with Crippen LogP contribution in [-0.2, 0) is 19.1 Å². The van der Waals surface area contributed by atoms with Gasteiger partial charge in [0.15, 0.2) is 11.7 Å². The van der Waals surface area contributed by atoms with Crippen molar-refractivity contribution in [3.8, 4) is 0 Å². The molecule has 1 unspecified atom stereocenters. The molecule has 0 radical (unpaired) electrons. The number of amides is 2. The number of ether oxygens (including phenoxy) is 1. The van der Waals surface area contributed by atoms with Crippen molar-refractivity contribution >= 4 is 34.9 Å². The Morgan fingerprint density at radius 3 is 2.37 bits per heavy atom. The van der Waals surface area contributed by atoms with Gasteiger partial charge in [-0.2, -0.15) is 0 Å². The molecule has 1 aliphatic heterocycles. The molecule has 7 heteroatoms. The lowest BCUT2D eigenvalue weighted by molar-refractivity contribution is -0.134. The predicted molar refractivity (Wildman–Crippen MR) is 98.3 cm³/mol. The van der Waals surface area contributed by atoms with Crippen LogP contribution in [0.3, 0.4) is 0 Å². The number of carbonyl (C=O) groups excluding carboxylic acids is 4. The fraction of sp³-hybridized carbons (Fsp3) is 0.200. The lowest BCUT2D eigenvalue weighted by Crippen LogP contribution is -2.34. The number of hydrogen-bond acceptors (Lipinski definition) is 5. The van der Waals surface area contributed by atoms with Crippen molar-refractivity contribution in [3.63, 3.8) is 0 Å². The number of ketones is 1. The molecule has 0 spiro atoms. The summed E-state index contributed by atoms with van der Waals surface area (Å²) in [6.07, 6.45) is 0. The van der Waals surface area contributed by atoms with E-state index in [9.17, 15) is 19.2 Å². The number of rotatable bonds is 5. The van der Waals surface area contributed by atoms with E-state index in [0.717, 1.165) is 0 Å². The minimum atomic E-state index is -1.38. The maximum absolute atomic E-state index is 12.5. The number of carbonyl (C=O) groups is 4. The third-order valence-corrected chi connectivity index (χ3v) is 4.14. The van der Waals surface area contributed by atoms with Gasteiger partial charge in [-0.1, -0.05) is 18.2 Å². The number of nitrogens with zero attached hydrogens (tertiary/aromatic N) is 1. The van der Waals surface area contributed by atoms with E-state index in [1.165, 1.54) is 29.2 Å². The Morgan fingerprint density at radius 2 is 1.74 bits per heavy atom. The monoisotopic (exact) mass is 366 g/mol. The smallest absolute Gasteiger partial charge is 0.338 e. The van der Waals surface area contributed by atoms with Gasteiger partial charge in [0.05, 0.1) is 18.7 Å². The molecule has 2 aromatic rings.